The minimum Gasteiger partial charge on any atom is -0.385 e. The van der Waals surface area contributed by atoms with Crippen LogP contribution in [0, 0.1) is 5.92 Å². The van der Waals surface area contributed by atoms with Crippen LogP contribution in [-0.4, -0.2) is 35.0 Å². The van der Waals surface area contributed by atoms with E-state index >= 15 is 0 Å². The average Bonchev–Trinajstić information content (AvgIpc) is 2.90. The van der Waals surface area contributed by atoms with Crippen molar-refractivity contribution >= 4 is 5.69 Å². The molecule has 102 valence electrons. The molecule has 0 aliphatic carbocycles. The van der Waals surface area contributed by atoms with Crippen molar-refractivity contribution in [1.29, 1.82) is 0 Å². The van der Waals surface area contributed by atoms with Gasteiger partial charge >= 0.3 is 0 Å². The molecule has 5 nitrogen and oxygen atoms in total. The van der Waals surface area contributed by atoms with Crippen molar-refractivity contribution in [3.8, 4) is 0 Å². The summed E-state index contributed by atoms with van der Waals surface area (Å²) in [5, 5.41) is 7.53. The summed E-state index contributed by atoms with van der Waals surface area (Å²) >= 11 is 0. The lowest BCUT2D eigenvalue weighted by atomic mass is 10.1. The molecule has 19 heavy (non-hydrogen) atoms. The van der Waals surface area contributed by atoms with E-state index in [2.05, 4.69) is 46.6 Å². The second-order valence-electron chi connectivity index (χ2n) is 4.73. The summed E-state index contributed by atoms with van der Waals surface area (Å²) in [7, 11) is 1.73. The van der Waals surface area contributed by atoms with Crippen molar-refractivity contribution in [2.75, 3.05) is 25.6 Å². The average molecular weight is 260 g/mol. The highest BCUT2D eigenvalue weighted by atomic mass is 16.5. The molecule has 1 atom stereocenters. The first-order valence-corrected chi connectivity index (χ1v) is 6.42. The molecule has 0 amide bonds. The molecule has 1 heterocycles. The van der Waals surface area contributed by atoms with Gasteiger partial charge in [-0.3, -0.25) is 0 Å². The third-order valence-electron chi connectivity index (χ3n) is 2.84. The summed E-state index contributed by atoms with van der Waals surface area (Å²) in [4.78, 5) is 3.94. The van der Waals surface area contributed by atoms with Crippen molar-refractivity contribution < 1.29 is 4.74 Å². The highest BCUT2D eigenvalue weighted by Crippen LogP contribution is 2.12. The molecular formula is C14H20N4O. The SMILES string of the molecule is COCC(C)CNc1cccc(Cn2cncn2)c1. The van der Waals surface area contributed by atoms with Gasteiger partial charge in [0.1, 0.15) is 12.7 Å². The maximum atomic E-state index is 5.13. The first-order valence-electron chi connectivity index (χ1n) is 6.42. The van der Waals surface area contributed by atoms with E-state index in [1.54, 1.807) is 19.8 Å². The van der Waals surface area contributed by atoms with Crippen molar-refractivity contribution in [1.82, 2.24) is 14.8 Å². The maximum Gasteiger partial charge on any atom is 0.137 e. The summed E-state index contributed by atoms with van der Waals surface area (Å²) in [5.74, 6) is 0.490. The third-order valence-corrected chi connectivity index (χ3v) is 2.84. The molecule has 0 saturated carbocycles. The van der Waals surface area contributed by atoms with Gasteiger partial charge in [0.2, 0.25) is 0 Å². The fraction of sp³-hybridized carbons (Fsp3) is 0.429. The van der Waals surface area contributed by atoms with E-state index in [0.29, 0.717) is 5.92 Å². The standard InChI is InChI=1S/C14H20N4O/c1-12(9-19-2)7-16-14-5-3-4-13(6-14)8-18-11-15-10-17-18/h3-6,10-12,16H,7-9H2,1-2H3. The summed E-state index contributed by atoms with van der Waals surface area (Å²) in [6.45, 7) is 4.57. The van der Waals surface area contributed by atoms with Crippen LogP contribution in [0.4, 0.5) is 5.69 Å². The Balaban J connectivity index is 1.91. The Labute approximate surface area is 113 Å². The zero-order valence-corrected chi connectivity index (χ0v) is 11.4. The van der Waals surface area contributed by atoms with Gasteiger partial charge in [-0.05, 0) is 23.6 Å². The lowest BCUT2D eigenvalue weighted by Gasteiger charge is -2.13. The first-order chi connectivity index (χ1) is 9.28. The number of nitrogens with zero attached hydrogens (tertiary/aromatic N) is 3. The van der Waals surface area contributed by atoms with E-state index in [0.717, 1.165) is 25.4 Å². The van der Waals surface area contributed by atoms with Gasteiger partial charge in [0.05, 0.1) is 13.2 Å². The molecule has 0 radical (unpaired) electrons. The number of benzene rings is 1. The number of aromatic nitrogens is 3. The first kappa shape index (κ1) is 13.5. The van der Waals surface area contributed by atoms with Crippen LogP contribution in [0.3, 0.4) is 0 Å². The van der Waals surface area contributed by atoms with Crippen LogP contribution in [0.1, 0.15) is 12.5 Å². The smallest absolute Gasteiger partial charge is 0.137 e. The van der Waals surface area contributed by atoms with Gasteiger partial charge in [-0.25, -0.2) is 9.67 Å². The lowest BCUT2D eigenvalue weighted by Crippen LogP contribution is -2.15. The molecule has 0 aliphatic heterocycles. The number of hydrogen-bond donors (Lipinski definition) is 1. The number of nitrogens with one attached hydrogen (secondary N) is 1. The van der Waals surface area contributed by atoms with Crippen molar-refractivity contribution in [2.24, 2.45) is 5.92 Å². The Morgan fingerprint density at radius 1 is 1.42 bits per heavy atom. The van der Waals surface area contributed by atoms with Gasteiger partial charge in [0.25, 0.3) is 0 Å². The summed E-state index contributed by atoms with van der Waals surface area (Å²) < 4.78 is 6.94. The summed E-state index contributed by atoms with van der Waals surface area (Å²) in [6.07, 6.45) is 3.27. The van der Waals surface area contributed by atoms with Crippen LogP contribution in [0.15, 0.2) is 36.9 Å². The molecule has 0 fully saturated rings. The van der Waals surface area contributed by atoms with Gasteiger partial charge in [-0.15, -0.1) is 0 Å². The Kier molecular flexibility index (Phi) is 4.92. The van der Waals surface area contributed by atoms with Gasteiger partial charge in [0.15, 0.2) is 0 Å². The molecule has 2 rings (SSSR count). The largest absolute Gasteiger partial charge is 0.385 e. The number of rotatable bonds is 7. The van der Waals surface area contributed by atoms with Crippen molar-refractivity contribution in [3.63, 3.8) is 0 Å². The predicted octanol–water partition coefficient (Wildman–Crippen LogP) is 2.02. The maximum absolute atomic E-state index is 5.13. The quantitative estimate of drug-likeness (QED) is 0.827. The van der Waals surface area contributed by atoms with Gasteiger partial charge in [-0.1, -0.05) is 19.1 Å². The highest BCUT2D eigenvalue weighted by molar-refractivity contribution is 5.45. The Bertz CT molecular complexity index is 484. The normalized spacial score (nSPS) is 12.3. The zero-order valence-electron chi connectivity index (χ0n) is 11.4. The Morgan fingerprint density at radius 2 is 2.32 bits per heavy atom. The fourth-order valence-corrected chi connectivity index (χ4v) is 1.92. The Morgan fingerprint density at radius 3 is 3.05 bits per heavy atom. The van der Waals surface area contributed by atoms with Crippen LogP contribution in [0.2, 0.25) is 0 Å². The van der Waals surface area contributed by atoms with Crippen LogP contribution in [-0.2, 0) is 11.3 Å². The van der Waals surface area contributed by atoms with E-state index in [1.165, 1.54) is 5.56 Å². The molecule has 1 aromatic heterocycles. The topological polar surface area (TPSA) is 52.0 Å². The van der Waals surface area contributed by atoms with Gasteiger partial charge in [-0.2, -0.15) is 5.10 Å². The highest BCUT2D eigenvalue weighted by Gasteiger charge is 2.02. The molecule has 1 unspecified atom stereocenters. The van der Waals surface area contributed by atoms with Crippen molar-refractivity contribution in [2.45, 2.75) is 13.5 Å². The third kappa shape index (κ3) is 4.37. The number of hydrogen-bond acceptors (Lipinski definition) is 4. The monoisotopic (exact) mass is 260 g/mol. The van der Waals surface area contributed by atoms with E-state index in [9.17, 15) is 0 Å². The molecule has 2 aromatic rings. The lowest BCUT2D eigenvalue weighted by molar-refractivity contribution is 0.164. The number of anilines is 1. The Hall–Kier alpha value is -1.88. The van der Waals surface area contributed by atoms with Gasteiger partial charge < -0.3 is 10.1 Å². The van der Waals surface area contributed by atoms with Crippen LogP contribution in [0.25, 0.3) is 0 Å². The molecule has 0 bridgehead atoms. The van der Waals surface area contributed by atoms with Crippen LogP contribution >= 0.6 is 0 Å². The van der Waals surface area contributed by atoms with E-state index < -0.39 is 0 Å². The summed E-state index contributed by atoms with van der Waals surface area (Å²) in [5.41, 5.74) is 2.33. The minimum absolute atomic E-state index is 0.490. The number of ether oxygens (including phenoxy) is 1. The molecule has 0 spiro atoms. The predicted molar refractivity (Wildman–Crippen MR) is 75.1 cm³/mol. The molecule has 0 aliphatic rings. The molecule has 0 saturated heterocycles. The van der Waals surface area contributed by atoms with Crippen LogP contribution in [0.5, 0.6) is 0 Å². The van der Waals surface area contributed by atoms with Crippen molar-refractivity contribution in [3.05, 3.63) is 42.5 Å². The molecule has 1 N–H and O–H groups in total. The van der Waals surface area contributed by atoms with Crippen LogP contribution < -0.4 is 5.32 Å². The van der Waals surface area contributed by atoms with E-state index in [1.807, 2.05) is 4.68 Å². The minimum atomic E-state index is 0.490. The molecule has 1 aromatic carbocycles. The molecule has 5 heteroatoms. The van der Waals surface area contributed by atoms with Gasteiger partial charge in [0, 0.05) is 19.3 Å². The molecular weight excluding hydrogens is 240 g/mol. The zero-order chi connectivity index (χ0) is 13.5. The second-order valence-corrected chi connectivity index (χ2v) is 4.73. The second kappa shape index (κ2) is 6.89. The van der Waals surface area contributed by atoms with E-state index in [-0.39, 0.29) is 0 Å². The number of methoxy groups -OCH3 is 1. The van der Waals surface area contributed by atoms with E-state index in [4.69, 9.17) is 4.74 Å². The summed E-state index contributed by atoms with van der Waals surface area (Å²) in [6, 6.07) is 8.35. The fourth-order valence-electron chi connectivity index (χ4n) is 1.92.